The summed E-state index contributed by atoms with van der Waals surface area (Å²) in [7, 11) is -3.06. The molecule has 0 unspecified atom stereocenters. The van der Waals surface area contributed by atoms with Crippen LogP contribution in [0.5, 0.6) is 0 Å². The number of rotatable bonds is 5. The summed E-state index contributed by atoms with van der Waals surface area (Å²) in [6, 6.07) is 7.14. The van der Waals surface area contributed by atoms with Gasteiger partial charge in [0.15, 0.2) is 0 Å². The average Bonchev–Trinajstić information content (AvgIpc) is 2.37. The molecular weight excluding hydrogens is 298 g/mol. The zero-order valence-corrected chi connectivity index (χ0v) is 12.7. The van der Waals surface area contributed by atoms with Crippen molar-refractivity contribution >= 4 is 27.3 Å². The predicted octanol–water partition coefficient (Wildman–Crippen LogP) is 1.91. The second-order valence-corrected chi connectivity index (χ2v) is 7.46. The Morgan fingerprint density at radius 1 is 1.50 bits per heavy atom. The molecule has 1 aliphatic rings. The summed E-state index contributed by atoms with van der Waals surface area (Å²) >= 11 is 5.90. The summed E-state index contributed by atoms with van der Waals surface area (Å²) in [5.74, 6) is 0.405. The first kappa shape index (κ1) is 15.1. The van der Waals surface area contributed by atoms with Crippen LogP contribution in [-0.2, 0) is 10.0 Å². The zero-order valence-electron chi connectivity index (χ0n) is 11.1. The third kappa shape index (κ3) is 3.23. The molecule has 1 heterocycles. The molecule has 0 bridgehead atoms. The Labute approximate surface area is 124 Å². The molecule has 1 fully saturated rings. The van der Waals surface area contributed by atoms with Gasteiger partial charge in [-0.25, -0.2) is 12.7 Å². The highest BCUT2D eigenvalue weighted by atomic mass is 35.5. The zero-order chi connectivity index (χ0) is 14.8. The fourth-order valence-electron chi connectivity index (χ4n) is 2.08. The Kier molecular flexibility index (Phi) is 4.53. The fraction of sp³-hybridized carbons (Fsp3) is 0.462. The molecule has 1 saturated heterocycles. The van der Waals surface area contributed by atoms with Gasteiger partial charge in [-0.3, -0.25) is 0 Å². The van der Waals surface area contributed by atoms with Crippen LogP contribution in [0.15, 0.2) is 18.2 Å². The third-order valence-corrected chi connectivity index (χ3v) is 5.41. The lowest BCUT2D eigenvalue weighted by Gasteiger charge is -2.38. The molecule has 0 amide bonds. The van der Waals surface area contributed by atoms with Gasteiger partial charge < -0.3 is 5.32 Å². The van der Waals surface area contributed by atoms with Gasteiger partial charge in [0.05, 0.1) is 17.0 Å². The van der Waals surface area contributed by atoms with Crippen LogP contribution in [0.1, 0.15) is 12.5 Å². The Morgan fingerprint density at radius 2 is 2.20 bits per heavy atom. The quantitative estimate of drug-likeness (QED) is 0.901. The topological polar surface area (TPSA) is 73.2 Å². The van der Waals surface area contributed by atoms with Crippen LogP contribution in [-0.4, -0.2) is 38.1 Å². The molecule has 0 spiro atoms. The van der Waals surface area contributed by atoms with Crippen molar-refractivity contribution in [1.82, 2.24) is 4.31 Å². The first-order valence-electron chi connectivity index (χ1n) is 6.37. The summed E-state index contributed by atoms with van der Waals surface area (Å²) in [5, 5.41) is 12.7. The van der Waals surface area contributed by atoms with Gasteiger partial charge in [-0.05, 0) is 25.1 Å². The van der Waals surface area contributed by atoms with E-state index < -0.39 is 10.0 Å². The van der Waals surface area contributed by atoms with E-state index in [9.17, 15) is 8.42 Å². The summed E-state index contributed by atoms with van der Waals surface area (Å²) in [4.78, 5) is 0. The van der Waals surface area contributed by atoms with Crippen LogP contribution in [0.2, 0.25) is 5.02 Å². The van der Waals surface area contributed by atoms with Crippen molar-refractivity contribution in [2.75, 3.05) is 30.7 Å². The van der Waals surface area contributed by atoms with Gasteiger partial charge >= 0.3 is 0 Å². The van der Waals surface area contributed by atoms with Gasteiger partial charge in [0.1, 0.15) is 6.07 Å². The van der Waals surface area contributed by atoms with Crippen molar-refractivity contribution in [2.45, 2.75) is 6.92 Å². The number of halogens is 1. The molecule has 0 radical (unpaired) electrons. The molecule has 1 N–H and O–H groups in total. The molecule has 1 aliphatic heterocycles. The molecular formula is C13H16ClN3O2S. The molecule has 0 aromatic heterocycles. The van der Waals surface area contributed by atoms with Crippen LogP contribution >= 0.6 is 11.6 Å². The van der Waals surface area contributed by atoms with Gasteiger partial charge in [0.2, 0.25) is 10.0 Å². The number of hydrogen-bond donors (Lipinski definition) is 1. The third-order valence-electron chi connectivity index (χ3n) is 3.37. The number of hydrogen-bond acceptors (Lipinski definition) is 4. The summed E-state index contributed by atoms with van der Waals surface area (Å²) in [6.07, 6.45) is 0. The highest BCUT2D eigenvalue weighted by Gasteiger charge is 2.34. The molecule has 20 heavy (non-hydrogen) atoms. The number of nitrogens with one attached hydrogen (secondary N) is 1. The molecule has 7 heteroatoms. The summed E-state index contributed by atoms with van der Waals surface area (Å²) in [5.41, 5.74) is 1.23. The van der Waals surface area contributed by atoms with Gasteiger partial charge in [0.25, 0.3) is 0 Å². The minimum Gasteiger partial charge on any atom is -0.384 e. The minimum atomic E-state index is -3.06. The normalized spacial score (nSPS) is 16.4. The van der Waals surface area contributed by atoms with Gasteiger partial charge in [-0.1, -0.05) is 11.6 Å². The van der Waals surface area contributed by atoms with Crippen molar-refractivity contribution in [3.05, 3.63) is 28.8 Å². The lowest BCUT2D eigenvalue weighted by atomic mass is 10.0. The first-order chi connectivity index (χ1) is 9.46. The second-order valence-electron chi connectivity index (χ2n) is 4.77. The lowest BCUT2D eigenvalue weighted by Crippen LogP contribution is -2.52. The molecule has 0 aliphatic carbocycles. The highest BCUT2D eigenvalue weighted by molar-refractivity contribution is 7.89. The Hall–Kier alpha value is -1.29. The largest absolute Gasteiger partial charge is 0.384 e. The number of nitriles is 1. The molecule has 0 atom stereocenters. The maximum Gasteiger partial charge on any atom is 0.213 e. The van der Waals surface area contributed by atoms with E-state index in [2.05, 4.69) is 11.4 Å². The molecule has 0 saturated carbocycles. The smallest absolute Gasteiger partial charge is 0.213 e. The van der Waals surface area contributed by atoms with Crippen LogP contribution in [0.3, 0.4) is 0 Å². The minimum absolute atomic E-state index is 0.139. The van der Waals surface area contributed by atoms with Crippen molar-refractivity contribution < 1.29 is 8.42 Å². The number of benzene rings is 1. The number of anilines is 1. The van der Waals surface area contributed by atoms with E-state index in [1.165, 1.54) is 4.31 Å². The Balaban J connectivity index is 1.90. The summed E-state index contributed by atoms with van der Waals surface area (Å²) < 4.78 is 24.7. The van der Waals surface area contributed by atoms with Crippen molar-refractivity contribution in [3.8, 4) is 6.07 Å². The van der Waals surface area contributed by atoms with Crippen LogP contribution < -0.4 is 5.32 Å². The first-order valence-corrected chi connectivity index (χ1v) is 8.36. The van der Waals surface area contributed by atoms with E-state index in [1.54, 1.807) is 25.1 Å². The van der Waals surface area contributed by atoms with Gasteiger partial charge in [0, 0.05) is 30.6 Å². The van der Waals surface area contributed by atoms with Crippen LogP contribution in [0.25, 0.3) is 0 Å². The van der Waals surface area contributed by atoms with Crippen molar-refractivity contribution in [2.24, 2.45) is 5.92 Å². The number of nitrogens with zero attached hydrogens (tertiary/aromatic N) is 2. The van der Waals surface area contributed by atoms with E-state index in [0.29, 0.717) is 35.9 Å². The molecule has 5 nitrogen and oxygen atoms in total. The average molecular weight is 314 g/mol. The van der Waals surface area contributed by atoms with Crippen LogP contribution in [0, 0.1) is 17.2 Å². The van der Waals surface area contributed by atoms with Gasteiger partial charge in [-0.2, -0.15) is 5.26 Å². The molecule has 108 valence electrons. The van der Waals surface area contributed by atoms with E-state index >= 15 is 0 Å². The Morgan fingerprint density at radius 3 is 2.80 bits per heavy atom. The molecule has 2 rings (SSSR count). The Bertz CT molecular complexity index is 634. The predicted molar refractivity (Wildman–Crippen MR) is 79.2 cm³/mol. The SMILES string of the molecule is CCS(=O)(=O)N1CC(CNc2cc(Cl)ccc2C#N)C1. The lowest BCUT2D eigenvalue weighted by molar-refractivity contribution is 0.212. The van der Waals surface area contributed by atoms with Gasteiger partial charge in [-0.15, -0.1) is 0 Å². The molecule has 1 aromatic rings. The monoisotopic (exact) mass is 313 g/mol. The number of sulfonamides is 1. The van der Waals surface area contributed by atoms with E-state index in [4.69, 9.17) is 16.9 Å². The van der Waals surface area contributed by atoms with Crippen LogP contribution in [0.4, 0.5) is 5.69 Å². The van der Waals surface area contributed by atoms with Crippen molar-refractivity contribution in [3.63, 3.8) is 0 Å². The highest BCUT2D eigenvalue weighted by Crippen LogP contribution is 2.23. The van der Waals surface area contributed by atoms with Crippen molar-refractivity contribution in [1.29, 1.82) is 5.26 Å². The maximum atomic E-state index is 11.6. The van der Waals surface area contributed by atoms with E-state index in [-0.39, 0.29) is 11.7 Å². The standard InChI is InChI=1S/C13H16ClN3O2S/c1-2-20(18,19)17-8-10(9-17)7-16-13-5-12(14)4-3-11(13)6-15/h3-5,10,16H,2,7-9H2,1H3. The van der Waals surface area contributed by atoms with E-state index in [1.807, 2.05) is 0 Å². The fourth-order valence-corrected chi connectivity index (χ4v) is 3.49. The molecule has 1 aromatic carbocycles. The maximum absolute atomic E-state index is 11.6. The summed E-state index contributed by atoms with van der Waals surface area (Å²) in [6.45, 7) is 3.34. The van der Waals surface area contributed by atoms with E-state index in [0.717, 1.165) is 0 Å². The second kappa shape index (κ2) is 6.00.